The smallest absolute Gasteiger partial charge is 0.332 e. The number of aryl methyl sites for hydroxylation is 2. The fourth-order valence-electron chi connectivity index (χ4n) is 4.86. The molecule has 0 spiro atoms. The Morgan fingerprint density at radius 1 is 1.15 bits per heavy atom. The molecule has 11 heteroatoms. The lowest BCUT2D eigenvalue weighted by Crippen LogP contribution is -2.42. The maximum Gasteiger partial charge on any atom is 0.332 e. The number of carbonyl (C=O) groups is 1. The van der Waals surface area contributed by atoms with Crippen LogP contribution in [-0.2, 0) is 24.9 Å². The summed E-state index contributed by atoms with van der Waals surface area (Å²) >= 11 is 0. The second kappa shape index (κ2) is 11.5. The van der Waals surface area contributed by atoms with E-state index in [1.54, 1.807) is 18.5 Å². The zero-order chi connectivity index (χ0) is 28.3. The number of hydrogen-bond acceptors (Lipinski definition) is 7. The molecule has 0 unspecified atom stereocenters. The molecule has 0 saturated carbocycles. The van der Waals surface area contributed by atoms with Crippen LogP contribution in [0.5, 0.6) is 0 Å². The Bertz CT molecular complexity index is 1720. The Hall–Kier alpha value is -4.46. The van der Waals surface area contributed by atoms with Gasteiger partial charge in [-0.05, 0) is 26.3 Å². The van der Waals surface area contributed by atoms with Gasteiger partial charge in [0.2, 0.25) is 11.9 Å². The molecule has 0 aliphatic carbocycles. The number of fused-ring (bicyclic) bond motifs is 2. The Labute approximate surface area is 226 Å². The van der Waals surface area contributed by atoms with E-state index in [0.29, 0.717) is 18.3 Å². The molecule has 3 heterocycles. The molecule has 204 valence electrons. The van der Waals surface area contributed by atoms with Crippen LogP contribution in [0, 0.1) is 18.8 Å². The molecule has 0 aliphatic rings. The van der Waals surface area contributed by atoms with Crippen molar-refractivity contribution in [3.05, 3.63) is 56.6 Å². The molecule has 0 radical (unpaired) electrons. The Morgan fingerprint density at radius 3 is 2.59 bits per heavy atom. The van der Waals surface area contributed by atoms with Gasteiger partial charge < -0.3 is 10.2 Å². The average Bonchev–Trinajstić information content (AvgIpc) is 3.28. The van der Waals surface area contributed by atoms with Crippen LogP contribution in [0.4, 0.5) is 5.95 Å². The van der Waals surface area contributed by atoms with Crippen LogP contribution in [0.3, 0.4) is 0 Å². The van der Waals surface area contributed by atoms with Crippen LogP contribution in [0.15, 0.2) is 33.9 Å². The fourth-order valence-corrected chi connectivity index (χ4v) is 4.86. The number of rotatable bonds is 9. The largest absolute Gasteiger partial charge is 0.352 e. The summed E-state index contributed by atoms with van der Waals surface area (Å²) in [7, 11) is 3.45. The SMILES string of the molecule is CC#CCn1c(N(C)C[C@H](CCC)NC(C)=O)nc2c1c(=O)n(Cc1nc(C)c3ccccc3n1)c(=O)n2C. The molecule has 4 aromatic rings. The highest BCUT2D eigenvalue weighted by molar-refractivity contribution is 5.80. The van der Waals surface area contributed by atoms with E-state index in [1.165, 1.54) is 11.5 Å². The molecule has 3 aromatic heterocycles. The summed E-state index contributed by atoms with van der Waals surface area (Å²) in [5.41, 5.74) is 1.06. The molecule has 11 nitrogen and oxygen atoms in total. The lowest BCUT2D eigenvalue weighted by Gasteiger charge is -2.25. The summed E-state index contributed by atoms with van der Waals surface area (Å²) in [5, 5.41) is 3.90. The monoisotopic (exact) mass is 530 g/mol. The van der Waals surface area contributed by atoms with Gasteiger partial charge in [0.05, 0.1) is 18.6 Å². The van der Waals surface area contributed by atoms with Gasteiger partial charge in [-0.2, -0.15) is 4.98 Å². The van der Waals surface area contributed by atoms with Crippen LogP contribution in [0.1, 0.15) is 45.1 Å². The summed E-state index contributed by atoms with van der Waals surface area (Å²) in [6, 6.07) is 7.52. The first-order valence-electron chi connectivity index (χ1n) is 13.0. The van der Waals surface area contributed by atoms with Gasteiger partial charge in [-0.15, -0.1) is 5.92 Å². The molecule has 1 aromatic carbocycles. The van der Waals surface area contributed by atoms with Gasteiger partial charge in [0.1, 0.15) is 5.82 Å². The minimum Gasteiger partial charge on any atom is -0.352 e. The highest BCUT2D eigenvalue weighted by Crippen LogP contribution is 2.20. The number of amides is 1. The third kappa shape index (κ3) is 5.55. The van der Waals surface area contributed by atoms with E-state index in [0.717, 1.165) is 34.0 Å². The minimum atomic E-state index is -0.510. The third-order valence-electron chi connectivity index (χ3n) is 6.65. The first-order valence-corrected chi connectivity index (χ1v) is 13.0. The zero-order valence-electron chi connectivity index (χ0n) is 23.3. The van der Waals surface area contributed by atoms with E-state index in [2.05, 4.69) is 34.0 Å². The molecule has 1 amide bonds. The minimum absolute atomic E-state index is 0.0793. The van der Waals surface area contributed by atoms with Crippen LogP contribution in [-0.4, -0.2) is 54.2 Å². The van der Waals surface area contributed by atoms with Gasteiger partial charge in [-0.1, -0.05) is 37.5 Å². The van der Waals surface area contributed by atoms with Crippen molar-refractivity contribution in [2.75, 3.05) is 18.5 Å². The second-order valence-electron chi connectivity index (χ2n) is 9.64. The quantitative estimate of drug-likeness (QED) is 0.329. The number of nitrogens with zero attached hydrogens (tertiary/aromatic N) is 7. The number of para-hydroxylation sites is 1. The van der Waals surface area contributed by atoms with Gasteiger partial charge in [-0.25, -0.2) is 14.8 Å². The van der Waals surface area contributed by atoms with Crippen molar-refractivity contribution in [3.63, 3.8) is 0 Å². The summed E-state index contributed by atoms with van der Waals surface area (Å²) in [6.07, 6.45) is 1.68. The first kappa shape index (κ1) is 27.6. The summed E-state index contributed by atoms with van der Waals surface area (Å²) in [4.78, 5) is 54.7. The van der Waals surface area contributed by atoms with Gasteiger partial charge in [0, 0.05) is 44.7 Å². The summed E-state index contributed by atoms with van der Waals surface area (Å²) < 4.78 is 4.24. The van der Waals surface area contributed by atoms with Crippen molar-refractivity contribution in [2.45, 2.75) is 59.7 Å². The molecule has 0 saturated heterocycles. The van der Waals surface area contributed by atoms with Crippen LogP contribution in [0.25, 0.3) is 22.1 Å². The molecule has 0 bridgehead atoms. The van der Waals surface area contributed by atoms with Crippen molar-refractivity contribution in [3.8, 4) is 11.8 Å². The van der Waals surface area contributed by atoms with Gasteiger partial charge >= 0.3 is 5.69 Å². The van der Waals surface area contributed by atoms with E-state index in [1.807, 2.05) is 43.1 Å². The van der Waals surface area contributed by atoms with Crippen molar-refractivity contribution in [1.82, 2.24) is 34.0 Å². The predicted molar refractivity (Wildman–Crippen MR) is 152 cm³/mol. The molecule has 39 heavy (non-hydrogen) atoms. The van der Waals surface area contributed by atoms with Gasteiger partial charge in [0.25, 0.3) is 5.56 Å². The molecule has 1 atom stereocenters. The lowest BCUT2D eigenvalue weighted by atomic mass is 10.1. The normalized spacial score (nSPS) is 11.8. The average molecular weight is 531 g/mol. The van der Waals surface area contributed by atoms with E-state index in [9.17, 15) is 14.4 Å². The van der Waals surface area contributed by atoms with Crippen molar-refractivity contribution in [1.29, 1.82) is 0 Å². The molecule has 1 N–H and O–H groups in total. The highest BCUT2D eigenvalue weighted by atomic mass is 16.2. The molecule has 0 aliphatic heterocycles. The van der Waals surface area contributed by atoms with E-state index < -0.39 is 11.2 Å². The summed E-state index contributed by atoms with van der Waals surface area (Å²) in [5.74, 6) is 6.65. The summed E-state index contributed by atoms with van der Waals surface area (Å²) in [6.45, 7) is 7.76. The number of likely N-dealkylation sites (N-methyl/N-ethyl adjacent to an activating group) is 1. The van der Waals surface area contributed by atoms with E-state index in [4.69, 9.17) is 4.98 Å². The van der Waals surface area contributed by atoms with E-state index in [-0.39, 0.29) is 36.2 Å². The Kier molecular flexibility index (Phi) is 8.14. The lowest BCUT2D eigenvalue weighted by molar-refractivity contribution is -0.119. The molecular weight excluding hydrogens is 496 g/mol. The van der Waals surface area contributed by atoms with Crippen molar-refractivity contribution < 1.29 is 4.79 Å². The van der Waals surface area contributed by atoms with Crippen LogP contribution >= 0.6 is 0 Å². The number of anilines is 1. The number of nitrogens with one attached hydrogen (secondary N) is 1. The number of benzene rings is 1. The number of aromatic nitrogens is 6. The predicted octanol–water partition coefficient (Wildman–Crippen LogP) is 1.96. The van der Waals surface area contributed by atoms with Crippen molar-refractivity contribution >= 4 is 33.9 Å². The maximum atomic E-state index is 13.9. The van der Waals surface area contributed by atoms with Crippen LogP contribution < -0.4 is 21.5 Å². The Balaban J connectivity index is 1.85. The second-order valence-corrected chi connectivity index (χ2v) is 9.64. The number of hydrogen-bond donors (Lipinski definition) is 1. The van der Waals surface area contributed by atoms with E-state index >= 15 is 0 Å². The highest BCUT2D eigenvalue weighted by Gasteiger charge is 2.24. The molecule has 0 fully saturated rings. The van der Waals surface area contributed by atoms with Crippen LogP contribution in [0.2, 0.25) is 0 Å². The topological polar surface area (TPSA) is 120 Å². The standard InChI is InChI=1S/C28H34N8O3/c1-7-9-15-35-24-25(32-27(35)33(5)16-20(12-8-2)30-19(4)37)34(6)28(39)36(26(24)38)17-23-29-18(3)21-13-10-11-14-22(21)31-23/h10-11,13-14,20H,8,12,15-17H2,1-6H3,(H,30,37)/t20-/m0/s1. The fraction of sp³-hybridized carbons (Fsp3) is 0.429. The third-order valence-corrected chi connectivity index (χ3v) is 6.65. The molecule has 4 rings (SSSR count). The van der Waals surface area contributed by atoms with Gasteiger partial charge in [-0.3, -0.25) is 23.3 Å². The Morgan fingerprint density at radius 2 is 1.90 bits per heavy atom. The first-order chi connectivity index (χ1) is 18.7. The number of imidazole rings is 1. The van der Waals surface area contributed by atoms with Crippen molar-refractivity contribution in [2.24, 2.45) is 7.05 Å². The van der Waals surface area contributed by atoms with Gasteiger partial charge in [0.15, 0.2) is 11.2 Å². The number of carbonyl (C=O) groups excluding carboxylic acids is 1. The maximum absolute atomic E-state index is 13.9. The molecular formula is C28H34N8O3. The zero-order valence-corrected chi connectivity index (χ0v) is 23.3.